The lowest BCUT2D eigenvalue weighted by atomic mass is 10.1. The number of nitrogens with zero attached hydrogens (tertiary/aromatic N) is 1. The minimum atomic E-state index is -0.970. The molecule has 1 amide bonds. The van der Waals surface area contributed by atoms with Crippen LogP contribution in [0.2, 0.25) is 0 Å². The van der Waals surface area contributed by atoms with Crippen molar-refractivity contribution in [1.29, 1.82) is 0 Å². The third kappa shape index (κ3) is 2.93. The van der Waals surface area contributed by atoms with Crippen molar-refractivity contribution in [3.05, 3.63) is 0 Å². The minimum Gasteiger partial charge on any atom is -0.479 e. The maximum Gasteiger partial charge on any atom is 0.332 e. The maximum absolute atomic E-state index is 12.1. The summed E-state index contributed by atoms with van der Waals surface area (Å²) in [5, 5.41) is 9.26. The molecule has 2 saturated heterocycles. The second kappa shape index (κ2) is 5.27. The molecule has 3 atom stereocenters. The van der Waals surface area contributed by atoms with E-state index in [9.17, 15) is 9.59 Å². The van der Waals surface area contributed by atoms with Crippen molar-refractivity contribution in [2.24, 2.45) is 0 Å². The van der Waals surface area contributed by atoms with E-state index in [2.05, 4.69) is 6.92 Å². The Balaban J connectivity index is 1.90. The van der Waals surface area contributed by atoms with Crippen LogP contribution in [0.25, 0.3) is 0 Å². The molecule has 6 heteroatoms. The van der Waals surface area contributed by atoms with E-state index >= 15 is 0 Å². The zero-order valence-electron chi connectivity index (χ0n) is 9.80. The van der Waals surface area contributed by atoms with Gasteiger partial charge in [0.15, 0.2) is 6.10 Å². The predicted octanol–water partition coefficient (Wildman–Crippen LogP) is 0.583. The van der Waals surface area contributed by atoms with Gasteiger partial charge in [0, 0.05) is 24.1 Å². The van der Waals surface area contributed by atoms with Gasteiger partial charge < -0.3 is 14.7 Å². The summed E-state index contributed by atoms with van der Waals surface area (Å²) < 4.78 is 5.28. The van der Waals surface area contributed by atoms with E-state index in [1.54, 1.807) is 4.90 Å². The number of ether oxygens (including phenoxy) is 1. The van der Waals surface area contributed by atoms with Crippen molar-refractivity contribution in [3.8, 4) is 0 Å². The highest BCUT2D eigenvalue weighted by atomic mass is 32.2. The molecule has 96 valence electrons. The van der Waals surface area contributed by atoms with Crippen molar-refractivity contribution >= 4 is 23.6 Å². The quantitative estimate of drug-likeness (QED) is 0.786. The minimum absolute atomic E-state index is 0.0408. The van der Waals surface area contributed by atoms with Crippen LogP contribution >= 0.6 is 11.8 Å². The molecular formula is C11H17NO4S. The monoisotopic (exact) mass is 259 g/mol. The molecule has 0 spiro atoms. The van der Waals surface area contributed by atoms with Crippen molar-refractivity contribution in [3.63, 3.8) is 0 Å². The van der Waals surface area contributed by atoms with Crippen molar-refractivity contribution < 1.29 is 19.4 Å². The number of amides is 1. The molecule has 1 N–H and O–H groups in total. The summed E-state index contributed by atoms with van der Waals surface area (Å²) in [5.74, 6) is -0.0640. The third-order valence-electron chi connectivity index (χ3n) is 3.12. The fourth-order valence-corrected chi connectivity index (χ4v) is 3.24. The molecule has 2 heterocycles. The summed E-state index contributed by atoms with van der Waals surface area (Å²) in [4.78, 5) is 24.7. The summed E-state index contributed by atoms with van der Waals surface area (Å²) in [7, 11) is 0. The number of aliphatic carboxylic acids is 1. The molecule has 17 heavy (non-hydrogen) atoms. The molecule has 0 bridgehead atoms. The first-order valence-corrected chi connectivity index (χ1v) is 6.91. The van der Waals surface area contributed by atoms with Crippen LogP contribution in [-0.2, 0) is 14.3 Å². The van der Waals surface area contributed by atoms with Gasteiger partial charge in [-0.3, -0.25) is 4.79 Å². The Hall–Kier alpha value is -0.750. The molecule has 2 aliphatic rings. The lowest BCUT2D eigenvalue weighted by molar-refractivity contribution is -0.154. The molecule has 0 radical (unpaired) electrons. The van der Waals surface area contributed by atoms with E-state index in [4.69, 9.17) is 9.84 Å². The van der Waals surface area contributed by atoms with Gasteiger partial charge in [-0.05, 0) is 12.8 Å². The number of thioether (sulfide) groups is 1. The highest BCUT2D eigenvalue weighted by molar-refractivity contribution is 7.99. The van der Waals surface area contributed by atoms with Gasteiger partial charge in [-0.25, -0.2) is 4.79 Å². The van der Waals surface area contributed by atoms with Crippen LogP contribution in [0.15, 0.2) is 0 Å². The van der Waals surface area contributed by atoms with Crippen molar-refractivity contribution in [2.75, 3.05) is 18.8 Å². The van der Waals surface area contributed by atoms with Crippen LogP contribution in [0.3, 0.4) is 0 Å². The molecule has 5 nitrogen and oxygen atoms in total. The van der Waals surface area contributed by atoms with E-state index in [0.717, 1.165) is 18.8 Å². The molecule has 2 fully saturated rings. The van der Waals surface area contributed by atoms with E-state index in [1.165, 1.54) is 0 Å². The average molecular weight is 259 g/mol. The highest BCUT2D eigenvalue weighted by Gasteiger charge is 2.37. The van der Waals surface area contributed by atoms with Gasteiger partial charge in [0.1, 0.15) is 6.10 Å². The second-order valence-electron chi connectivity index (χ2n) is 4.49. The van der Waals surface area contributed by atoms with Crippen LogP contribution in [0.5, 0.6) is 0 Å². The average Bonchev–Trinajstić information content (AvgIpc) is 2.77. The molecular weight excluding hydrogens is 242 g/mol. The fourth-order valence-electron chi connectivity index (χ4n) is 2.22. The van der Waals surface area contributed by atoms with Gasteiger partial charge >= 0.3 is 5.97 Å². The Labute approximate surface area is 104 Å². The zero-order chi connectivity index (χ0) is 12.4. The molecule has 0 aliphatic carbocycles. The van der Waals surface area contributed by atoms with Crippen molar-refractivity contribution in [2.45, 2.75) is 37.2 Å². The van der Waals surface area contributed by atoms with Crippen LogP contribution in [-0.4, -0.2) is 58.2 Å². The van der Waals surface area contributed by atoms with Crippen LogP contribution < -0.4 is 0 Å². The van der Waals surface area contributed by atoms with E-state index in [1.807, 2.05) is 11.8 Å². The number of hydrogen-bond acceptors (Lipinski definition) is 4. The topological polar surface area (TPSA) is 66.8 Å². The van der Waals surface area contributed by atoms with Crippen molar-refractivity contribution in [1.82, 2.24) is 4.90 Å². The summed E-state index contributed by atoms with van der Waals surface area (Å²) >= 11 is 1.86. The van der Waals surface area contributed by atoms with Gasteiger partial charge in [0.05, 0.1) is 0 Å². The SMILES string of the molecule is CC1CN(C(=O)C2CCC(C(=O)O)O2)CCS1. The largest absolute Gasteiger partial charge is 0.479 e. The molecule has 0 aromatic carbocycles. The Bertz CT molecular complexity index is 323. The molecule has 0 aromatic rings. The van der Waals surface area contributed by atoms with Gasteiger partial charge in [0.25, 0.3) is 5.91 Å². The summed E-state index contributed by atoms with van der Waals surface area (Å²) in [6.07, 6.45) is -0.399. The summed E-state index contributed by atoms with van der Waals surface area (Å²) in [6, 6.07) is 0. The van der Waals surface area contributed by atoms with Gasteiger partial charge in [-0.1, -0.05) is 6.92 Å². The molecule has 0 saturated carbocycles. The number of rotatable bonds is 2. The molecule has 3 unspecified atom stereocenters. The maximum atomic E-state index is 12.1. The molecule has 2 rings (SSSR count). The van der Waals surface area contributed by atoms with Gasteiger partial charge in [-0.2, -0.15) is 11.8 Å². The highest BCUT2D eigenvalue weighted by Crippen LogP contribution is 2.24. The smallest absolute Gasteiger partial charge is 0.332 e. The lowest BCUT2D eigenvalue weighted by Crippen LogP contribution is -2.46. The van der Waals surface area contributed by atoms with Crippen LogP contribution in [0, 0.1) is 0 Å². The van der Waals surface area contributed by atoms with Gasteiger partial charge in [0.2, 0.25) is 0 Å². The first kappa shape index (κ1) is 12.7. The number of carbonyl (C=O) groups is 2. The van der Waals surface area contributed by atoms with Crippen LogP contribution in [0.4, 0.5) is 0 Å². The Morgan fingerprint density at radius 3 is 2.65 bits per heavy atom. The Morgan fingerprint density at radius 2 is 2.06 bits per heavy atom. The first-order valence-electron chi connectivity index (χ1n) is 5.86. The fraction of sp³-hybridized carbons (Fsp3) is 0.818. The second-order valence-corrected chi connectivity index (χ2v) is 6.04. The zero-order valence-corrected chi connectivity index (χ0v) is 10.6. The first-order chi connectivity index (χ1) is 8.08. The van der Waals surface area contributed by atoms with E-state index in [-0.39, 0.29) is 5.91 Å². The third-order valence-corrected chi connectivity index (χ3v) is 4.26. The summed E-state index contributed by atoms with van der Waals surface area (Å²) in [5.41, 5.74) is 0. The van der Waals surface area contributed by atoms with Crippen LogP contribution in [0.1, 0.15) is 19.8 Å². The van der Waals surface area contributed by atoms with Gasteiger partial charge in [-0.15, -0.1) is 0 Å². The number of hydrogen-bond donors (Lipinski definition) is 1. The lowest BCUT2D eigenvalue weighted by Gasteiger charge is -2.32. The van der Waals surface area contributed by atoms with E-state index < -0.39 is 18.2 Å². The predicted molar refractivity (Wildman–Crippen MR) is 64.0 cm³/mol. The van der Waals surface area contributed by atoms with E-state index in [0.29, 0.717) is 18.1 Å². The normalized spacial score (nSPS) is 33.7. The number of carboxylic acids is 1. The Morgan fingerprint density at radius 1 is 1.35 bits per heavy atom. The molecule has 0 aromatic heterocycles. The summed E-state index contributed by atoms with van der Waals surface area (Å²) in [6.45, 7) is 3.58. The standard InChI is InChI=1S/C11H17NO4S/c1-7-6-12(4-5-17-7)10(13)8-2-3-9(16-8)11(14)15/h7-9H,2-6H2,1H3,(H,14,15). The number of carboxylic acid groups (broad SMARTS) is 1. The Kier molecular flexibility index (Phi) is 3.93. The molecule has 2 aliphatic heterocycles. The number of carbonyl (C=O) groups excluding carboxylic acids is 1.